The molecule has 160 valence electrons. The van der Waals surface area contributed by atoms with Crippen LogP contribution in [0.15, 0.2) is 18.2 Å². The maximum Gasteiger partial charge on any atom is 0.407 e. The fourth-order valence-electron chi connectivity index (χ4n) is 2.95. The summed E-state index contributed by atoms with van der Waals surface area (Å²) < 4.78 is 5.14. The van der Waals surface area contributed by atoms with Gasteiger partial charge in [-0.15, -0.1) is 0 Å². The molecule has 2 rings (SSSR count). The van der Waals surface area contributed by atoms with Gasteiger partial charge in [-0.05, 0) is 51.8 Å². The summed E-state index contributed by atoms with van der Waals surface area (Å²) in [6, 6.07) is 4.72. The van der Waals surface area contributed by atoms with Gasteiger partial charge < -0.3 is 20.3 Å². The first-order chi connectivity index (χ1) is 13.5. The van der Waals surface area contributed by atoms with Crippen molar-refractivity contribution >= 4 is 41.1 Å². The molecule has 0 bridgehead atoms. The lowest BCUT2D eigenvalue weighted by molar-refractivity contribution is -0.132. The SMILES string of the molecule is CC(C)(C)OC(=O)NCCC(=O)N1CCC(NC(=O)c2ccc(Cl)cc2Cl)CC1. The van der Waals surface area contributed by atoms with Crippen LogP contribution in [0, 0.1) is 0 Å². The average molecular weight is 444 g/mol. The first-order valence-corrected chi connectivity index (χ1v) is 10.3. The Bertz CT molecular complexity index is 757. The predicted molar refractivity (Wildman–Crippen MR) is 112 cm³/mol. The maximum atomic E-state index is 12.4. The first-order valence-electron chi connectivity index (χ1n) is 9.55. The Morgan fingerprint density at radius 2 is 1.83 bits per heavy atom. The number of nitrogens with zero attached hydrogens (tertiary/aromatic N) is 1. The normalized spacial score (nSPS) is 15.0. The Kier molecular flexibility index (Phi) is 8.16. The number of nitrogens with one attached hydrogen (secondary N) is 2. The minimum absolute atomic E-state index is 0.0295. The van der Waals surface area contributed by atoms with Crippen molar-refractivity contribution in [2.24, 2.45) is 0 Å². The van der Waals surface area contributed by atoms with E-state index in [0.29, 0.717) is 41.5 Å². The molecule has 9 heteroatoms. The van der Waals surface area contributed by atoms with Crippen molar-refractivity contribution in [3.8, 4) is 0 Å². The average Bonchev–Trinajstić information content (AvgIpc) is 2.60. The molecule has 3 amide bonds. The number of hydrogen-bond donors (Lipinski definition) is 2. The number of ether oxygens (including phenoxy) is 1. The Morgan fingerprint density at radius 1 is 1.17 bits per heavy atom. The molecule has 7 nitrogen and oxygen atoms in total. The molecule has 0 aliphatic carbocycles. The van der Waals surface area contributed by atoms with E-state index in [0.717, 1.165) is 0 Å². The van der Waals surface area contributed by atoms with Crippen molar-refractivity contribution < 1.29 is 19.1 Å². The molecule has 1 aromatic carbocycles. The summed E-state index contributed by atoms with van der Waals surface area (Å²) in [5.41, 5.74) is -0.195. The highest BCUT2D eigenvalue weighted by Gasteiger charge is 2.25. The summed E-state index contributed by atoms with van der Waals surface area (Å²) in [6.45, 7) is 6.65. The van der Waals surface area contributed by atoms with E-state index in [1.165, 1.54) is 6.07 Å². The molecular formula is C20H27Cl2N3O4. The molecule has 1 aliphatic rings. The zero-order valence-corrected chi connectivity index (χ0v) is 18.4. The van der Waals surface area contributed by atoms with Crippen LogP contribution >= 0.6 is 23.2 Å². The van der Waals surface area contributed by atoms with Gasteiger partial charge in [0.15, 0.2) is 0 Å². The largest absolute Gasteiger partial charge is 0.444 e. The summed E-state index contributed by atoms with van der Waals surface area (Å²) in [6.07, 6.45) is 0.980. The van der Waals surface area contributed by atoms with Crippen LogP contribution in [0.25, 0.3) is 0 Å². The summed E-state index contributed by atoms with van der Waals surface area (Å²) in [5, 5.41) is 6.32. The van der Waals surface area contributed by atoms with Crippen molar-refractivity contribution in [1.29, 1.82) is 0 Å². The summed E-state index contributed by atoms with van der Waals surface area (Å²) in [7, 11) is 0. The van der Waals surface area contributed by atoms with E-state index in [2.05, 4.69) is 10.6 Å². The van der Waals surface area contributed by atoms with Gasteiger partial charge in [-0.3, -0.25) is 9.59 Å². The van der Waals surface area contributed by atoms with Crippen LogP contribution in [0.1, 0.15) is 50.4 Å². The fraction of sp³-hybridized carbons (Fsp3) is 0.550. The molecule has 1 heterocycles. The topological polar surface area (TPSA) is 87.7 Å². The molecule has 0 unspecified atom stereocenters. The number of amides is 3. The second-order valence-electron chi connectivity index (χ2n) is 7.93. The number of piperidine rings is 1. The Balaban J connectivity index is 1.72. The zero-order chi connectivity index (χ0) is 21.6. The van der Waals surface area contributed by atoms with Crippen LogP contribution in [-0.2, 0) is 9.53 Å². The second kappa shape index (κ2) is 10.2. The van der Waals surface area contributed by atoms with Crippen molar-refractivity contribution in [3.63, 3.8) is 0 Å². The smallest absolute Gasteiger partial charge is 0.407 e. The monoisotopic (exact) mass is 443 g/mol. The zero-order valence-electron chi connectivity index (χ0n) is 16.9. The number of alkyl carbamates (subject to hydrolysis) is 1. The summed E-state index contributed by atoms with van der Waals surface area (Å²) >= 11 is 11.9. The standard InChI is InChI=1S/C20H27Cl2N3O4/c1-20(2,3)29-19(28)23-9-6-17(26)25-10-7-14(8-11-25)24-18(27)15-5-4-13(21)12-16(15)22/h4-5,12,14H,6-11H2,1-3H3,(H,23,28)(H,24,27). The summed E-state index contributed by atoms with van der Waals surface area (Å²) in [4.78, 5) is 38.1. The highest BCUT2D eigenvalue weighted by atomic mass is 35.5. The van der Waals surface area contributed by atoms with E-state index in [1.54, 1.807) is 37.8 Å². The second-order valence-corrected chi connectivity index (χ2v) is 8.77. The van der Waals surface area contributed by atoms with E-state index in [-0.39, 0.29) is 30.8 Å². The first kappa shape index (κ1) is 23.3. The highest BCUT2D eigenvalue weighted by molar-refractivity contribution is 6.36. The van der Waals surface area contributed by atoms with Crippen LogP contribution in [0.3, 0.4) is 0 Å². The third-order valence-corrected chi connectivity index (χ3v) is 4.91. The fourth-order valence-corrected chi connectivity index (χ4v) is 3.45. The minimum Gasteiger partial charge on any atom is -0.444 e. The quantitative estimate of drug-likeness (QED) is 0.726. The Hall–Kier alpha value is -1.99. The minimum atomic E-state index is -0.573. The molecule has 1 aromatic rings. The maximum absolute atomic E-state index is 12.4. The number of benzene rings is 1. The molecule has 0 spiro atoms. The van der Waals surface area contributed by atoms with Gasteiger partial charge in [-0.1, -0.05) is 23.2 Å². The van der Waals surface area contributed by atoms with Crippen molar-refractivity contribution in [2.75, 3.05) is 19.6 Å². The number of rotatable bonds is 5. The lowest BCUT2D eigenvalue weighted by Gasteiger charge is -2.32. The van der Waals surface area contributed by atoms with E-state index in [1.807, 2.05) is 0 Å². The predicted octanol–water partition coefficient (Wildman–Crippen LogP) is 3.63. The molecule has 0 atom stereocenters. The third kappa shape index (κ3) is 7.74. The molecular weight excluding hydrogens is 417 g/mol. The molecule has 1 fully saturated rings. The van der Waals surface area contributed by atoms with Crippen LogP contribution in [0.5, 0.6) is 0 Å². The van der Waals surface area contributed by atoms with Gasteiger partial charge in [0.05, 0.1) is 10.6 Å². The van der Waals surface area contributed by atoms with E-state index in [4.69, 9.17) is 27.9 Å². The van der Waals surface area contributed by atoms with Gasteiger partial charge in [-0.25, -0.2) is 4.79 Å². The van der Waals surface area contributed by atoms with Gasteiger partial charge in [0.2, 0.25) is 5.91 Å². The lowest BCUT2D eigenvalue weighted by atomic mass is 10.0. The molecule has 0 radical (unpaired) electrons. The number of carbonyl (C=O) groups is 3. The van der Waals surface area contributed by atoms with E-state index < -0.39 is 11.7 Å². The Labute approximate surface area is 181 Å². The van der Waals surface area contributed by atoms with Gasteiger partial charge in [0, 0.05) is 37.1 Å². The molecule has 1 saturated heterocycles. The van der Waals surface area contributed by atoms with Crippen LogP contribution in [-0.4, -0.2) is 54.1 Å². The molecule has 29 heavy (non-hydrogen) atoms. The third-order valence-electron chi connectivity index (χ3n) is 4.37. The van der Waals surface area contributed by atoms with E-state index >= 15 is 0 Å². The van der Waals surface area contributed by atoms with Gasteiger partial charge >= 0.3 is 6.09 Å². The van der Waals surface area contributed by atoms with Gasteiger partial charge in [0.1, 0.15) is 5.60 Å². The van der Waals surface area contributed by atoms with Gasteiger partial charge in [-0.2, -0.15) is 0 Å². The highest BCUT2D eigenvalue weighted by Crippen LogP contribution is 2.21. The number of halogens is 2. The van der Waals surface area contributed by atoms with Crippen molar-refractivity contribution in [3.05, 3.63) is 33.8 Å². The van der Waals surface area contributed by atoms with Crippen LogP contribution in [0.4, 0.5) is 4.79 Å². The van der Waals surface area contributed by atoms with Crippen molar-refractivity contribution in [2.45, 2.75) is 51.7 Å². The Morgan fingerprint density at radius 3 is 2.41 bits per heavy atom. The lowest BCUT2D eigenvalue weighted by Crippen LogP contribution is -2.47. The molecule has 0 saturated carbocycles. The molecule has 2 N–H and O–H groups in total. The number of likely N-dealkylation sites (tertiary alicyclic amines) is 1. The number of hydrogen-bond acceptors (Lipinski definition) is 4. The molecule has 1 aliphatic heterocycles. The van der Waals surface area contributed by atoms with Crippen LogP contribution < -0.4 is 10.6 Å². The van der Waals surface area contributed by atoms with Crippen molar-refractivity contribution in [1.82, 2.24) is 15.5 Å². The van der Waals surface area contributed by atoms with E-state index in [9.17, 15) is 14.4 Å². The summed E-state index contributed by atoms with van der Waals surface area (Å²) in [5.74, 6) is -0.287. The molecule has 0 aromatic heterocycles. The van der Waals surface area contributed by atoms with Gasteiger partial charge in [0.25, 0.3) is 5.91 Å². The number of carbonyl (C=O) groups excluding carboxylic acids is 3. The van der Waals surface area contributed by atoms with Crippen LogP contribution in [0.2, 0.25) is 10.0 Å².